The first-order valence-corrected chi connectivity index (χ1v) is 12.0. The Bertz CT molecular complexity index is 994. The van der Waals surface area contributed by atoms with E-state index in [1.165, 1.54) is 6.42 Å². The molecule has 1 fully saturated rings. The molecule has 1 saturated carbocycles. The summed E-state index contributed by atoms with van der Waals surface area (Å²) in [5, 5.41) is 2.92. The molecule has 1 atom stereocenters. The molecule has 0 aromatic heterocycles. The van der Waals surface area contributed by atoms with Crippen LogP contribution in [0.3, 0.4) is 0 Å². The highest BCUT2D eigenvalue weighted by atomic mass is 79.9. The highest BCUT2D eigenvalue weighted by Gasteiger charge is 2.21. The summed E-state index contributed by atoms with van der Waals surface area (Å²) in [4.78, 5) is 37.2. The van der Waals surface area contributed by atoms with Crippen LogP contribution in [-0.4, -0.2) is 23.8 Å². The van der Waals surface area contributed by atoms with E-state index in [1.54, 1.807) is 31.2 Å². The lowest BCUT2D eigenvalue weighted by atomic mass is 9.88. The van der Waals surface area contributed by atoms with E-state index >= 15 is 0 Å². The normalized spacial score (nSPS) is 14.8. The van der Waals surface area contributed by atoms with E-state index in [0.717, 1.165) is 41.3 Å². The van der Waals surface area contributed by atoms with Crippen LogP contribution in [0.15, 0.2) is 40.9 Å². The number of carbonyl (C=O) groups is 3. The molecule has 33 heavy (non-hydrogen) atoms. The van der Waals surface area contributed by atoms with Crippen LogP contribution in [0.5, 0.6) is 5.75 Å². The molecular weight excluding hydrogens is 486 g/mol. The second kappa shape index (κ2) is 11.3. The Labute approximate surface area is 202 Å². The average Bonchev–Trinajstić information content (AvgIpc) is 2.80. The Morgan fingerprint density at radius 3 is 2.18 bits per heavy atom. The monoisotopic (exact) mass is 515 g/mol. The summed E-state index contributed by atoms with van der Waals surface area (Å²) in [6, 6.07) is 10.4. The van der Waals surface area contributed by atoms with Gasteiger partial charge in [-0.3, -0.25) is 25.2 Å². The van der Waals surface area contributed by atoms with Crippen molar-refractivity contribution in [1.29, 1.82) is 0 Å². The molecule has 0 heterocycles. The minimum atomic E-state index is -0.804. The zero-order valence-electron chi connectivity index (χ0n) is 19.2. The zero-order valence-corrected chi connectivity index (χ0v) is 20.8. The quantitative estimate of drug-likeness (QED) is 0.480. The summed E-state index contributed by atoms with van der Waals surface area (Å²) in [6.45, 7) is 5.42. The van der Waals surface area contributed by atoms with Crippen molar-refractivity contribution in [2.24, 2.45) is 5.92 Å². The molecule has 3 amide bonds. The smallest absolute Gasteiger partial charge is 0.279 e. The van der Waals surface area contributed by atoms with Crippen molar-refractivity contribution in [2.45, 2.75) is 59.0 Å². The molecule has 0 bridgehead atoms. The van der Waals surface area contributed by atoms with Crippen molar-refractivity contribution in [3.63, 3.8) is 0 Å². The van der Waals surface area contributed by atoms with Gasteiger partial charge in [0.2, 0.25) is 5.91 Å². The molecule has 2 aromatic carbocycles. The van der Waals surface area contributed by atoms with Gasteiger partial charge in [0.15, 0.2) is 6.10 Å². The lowest BCUT2D eigenvalue weighted by Gasteiger charge is -2.20. The fourth-order valence-corrected chi connectivity index (χ4v) is 4.61. The van der Waals surface area contributed by atoms with Crippen LogP contribution in [0.4, 0.5) is 5.69 Å². The van der Waals surface area contributed by atoms with Crippen molar-refractivity contribution in [1.82, 2.24) is 10.9 Å². The first-order chi connectivity index (χ1) is 15.7. The number of benzene rings is 2. The van der Waals surface area contributed by atoms with Crippen LogP contribution >= 0.6 is 15.9 Å². The lowest BCUT2D eigenvalue weighted by Crippen LogP contribution is -2.47. The molecule has 1 unspecified atom stereocenters. The Kier molecular flexibility index (Phi) is 8.49. The Hall–Kier alpha value is -2.87. The highest BCUT2D eigenvalue weighted by Crippen LogP contribution is 2.28. The number of ether oxygens (including phenoxy) is 1. The van der Waals surface area contributed by atoms with Gasteiger partial charge in [-0.05, 0) is 81.1 Å². The van der Waals surface area contributed by atoms with Gasteiger partial charge < -0.3 is 10.1 Å². The fourth-order valence-electron chi connectivity index (χ4n) is 3.92. The number of amides is 3. The van der Waals surface area contributed by atoms with E-state index in [9.17, 15) is 14.4 Å². The van der Waals surface area contributed by atoms with Crippen LogP contribution in [0.2, 0.25) is 0 Å². The molecule has 3 N–H and O–H groups in total. The SMILES string of the molecule is Cc1cc(Br)cc(C)c1OC(C)C(=O)NNC(=O)c1ccc(NC(=O)C2CCCCC2)cc1. The van der Waals surface area contributed by atoms with Crippen molar-refractivity contribution in [3.05, 3.63) is 57.6 Å². The summed E-state index contributed by atoms with van der Waals surface area (Å²) in [6.07, 6.45) is 4.42. The average molecular weight is 516 g/mol. The number of nitrogens with one attached hydrogen (secondary N) is 3. The topological polar surface area (TPSA) is 96.5 Å². The number of carbonyl (C=O) groups excluding carboxylic acids is 3. The third-order valence-electron chi connectivity index (χ3n) is 5.78. The Morgan fingerprint density at radius 2 is 1.58 bits per heavy atom. The first-order valence-electron chi connectivity index (χ1n) is 11.2. The van der Waals surface area contributed by atoms with Crippen molar-refractivity contribution < 1.29 is 19.1 Å². The van der Waals surface area contributed by atoms with Gasteiger partial charge in [0.25, 0.3) is 11.8 Å². The van der Waals surface area contributed by atoms with Gasteiger partial charge in [-0.2, -0.15) is 0 Å². The van der Waals surface area contributed by atoms with Crippen LogP contribution in [0.1, 0.15) is 60.5 Å². The molecule has 8 heteroatoms. The molecule has 7 nitrogen and oxygen atoms in total. The maximum Gasteiger partial charge on any atom is 0.279 e. The number of rotatable bonds is 6. The van der Waals surface area contributed by atoms with E-state index < -0.39 is 17.9 Å². The number of hydrogen-bond donors (Lipinski definition) is 3. The highest BCUT2D eigenvalue weighted by molar-refractivity contribution is 9.10. The molecule has 176 valence electrons. The largest absolute Gasteiger partial charge is 0.480 e. The maximum absolute atomic E-state index is 12.4. The minimum Gasteiger partial charge on any atom is -0.480 e. The second-order valence-electron chi connectivity index (χ2n) is 8.47. The van der Waals surface area contributed by atoms with Gasteiger partial charge in [-0.25, -0.2) is 0 Å². The molecule has 0 saturated heterocycles. The lowest BCUT2D eigenvalue weighted by molar-refractivity contribution is -0.128. The van der Waals surface area contributed by atoms with E-state index in [2.05, 4.69) is 32.1 Å². The van der Waals surface area contributed by atoms with Gasteiger partial charge in [0.1, 0.15) is 5.75 Å². The van der Waals surface area contributed by atoms with Crippen molar-refractivity contribution in [3.8, 4) is 5.75 Å². The van der Waals surface area contributed by atoms with E-state index in [0.29, 0.717) is 17.0 Å². The van der Waals surface area contributed by atoms with Gasteiger partial charge >= 0.3 is 0 Å². The number of aryl methyl sites for hydroxylation is 2. The fraction of sp³-hybridized carbons (Fsp3) is 0.400. The van der Waals surface area contributed by atoms with Crippen molar-refractivity contribution in [2.75, 3.05) is 5.32 Å². The standard InChI is InChI=1S/C25H30BrN3O4/c1-15-13-20(26)14-16(2)22(15)33-17(3)23(30)28-29-25(32)19-9-11-21(12-10-19)27-24(31)18-7-5-4-6-8-18/h9-14,17-18H,4-8H2,1-3H3,(H,27,31)(H,28,30)(H,29,32). The molecule has 1 aliphatic carbocycles. The van der Waals surface area contributed by atoms with Crippen LogP contribution in [-0.2, 0) is 9.59 Å². The molecule has 2 aromatic rings. The van der Waals surface area contributed by atoms with E-state index in [-0.39, 0.29) is 11.8 Å². The summed E-state index contributed by atoms with van der Waals surface area (Å²) in [5.74, 6) is -0.202. The van der Waals surface area contributed by atoms with Crippen molar-refractivity contribution >= 4 is 39.3 Å². The van der Waals surface area contributed by atoms with E-state index in [1.807, 2.05) is 26.0 Å². The Morgan fingerprint density at radius 1 is 0.970 bits per heavy atom. The van der Waals surface area contributed by atoms with Crippen LogP contribution in [0, 0.1) is 19.8 Å². The number of halogens is 1. The number of hydrazine groups is 1. The zero-order chi connectivity index (χ0) is 24.0. The van der Waals surface area contributed by atoms with Crippen LogP contribution in [0.25, 0.3) is 0 Å². The van der Waals surface area contributed by atoms with Crippen LogP contribution < -0.4 is 20.9 Å². The predicted molar refractivity (Wildman–Crippen MR) is 131 cm³/mol. The first kappa shape index (κ1) is 24.8. The molecular formula is C25H30BrN3O4. The summed E-state index contributed by atoms with van der Waals surface area (Å²) >= 11 is 3.44. The predicted octanol–water partition coefficient (Wildman–Crippen LogP) is 4.81. The van der Waals surface area contributed by atoms with Gasteiger partial charge in [0, 0.05) is 21.6 Å². The molecule has 0 aliphatic heterocycles. The Balaban J connectivity index is 1.49. The summed E-state index contributed by atoms with van der Waals surface area (Å²) in [5.41, 5.74) is 7.62. The van der Waals surface area contributed by atoms with E-state index in [4.69, 9.17) is 4.74 Å². The molecule has 0 radical (unpaired) electrons. The molecule has 1 aliphatic rings. The molecule has 0 spiro atoms. The number of anilines is 1. The van der Waals surface area contributed by atoms with Gasteiger partial charge in [0.05, 0.1) is 0 Å². The summed E-state index contributed by atoms with van der Waals surface area (Å²) in [7, 11) is 0. The van der Waals surface area contributed by atoms with Gasteiger partial charge in [-0.15, -0.1) is 0 Å². The third-order valence-corrected chi connectivity index (χ3v) is 6.24. The summed E-state index contributed by atoms with van der Waals surface area (Å²) < 4.78 is 6.75. The maximum atomic E-state index is 12.4. The third kappa shape index (κ3) is 6.81. The molecule has 3 rings (SSSR count). The second-order valence-corrected chi connectivity index (χ2v) is 9.39. The number of hydrogen-bond acceptors (Lipinski definition) is 4. The minimum absolute atomic E-state index is 0.0319. The van der Waals surface area contributed by atoms with Gasteiger partial charge in [-0.1, -0.05) is 35.2 Å².